The highest BCUT2D eigenvalue weighted by atomic mass is 16.2. The summed E-state index contributed by atoms with van der Waals surface area (Å²) in [6.07, 6.45) is 2.11. The van der Waals surface area contributed by atoms with Crippen molar-refractivity contribution < 1.29 is 4.79 Å². The standard InChI is InChI=1S/C12H24N4O/c1-2-11-10-16(12(17)14-11)7-3-6-15-8-4-13-5-9-15/h11,13H,2-10H2,1H3,(H,14,17). The maximum absolute atomic E-state index is 11.6. The van der Waals surface area contributed by atoms with E-state index < -0.39 is 0 Å². The molecular weight excluding hydrogens is 216 g/mol. The molecule has 2 amide bonds. The van der Waals surface area contributed by atoms with Gasteiger partial charge in [0.05, 0.1) is 0 Å². The molecule has 2 rings (SSSR count). The summed E-state index contributed by atoms with van der Waals surface area (Å²) in [4.78, 5) is 16.0. The summed E-state index contributed by atoms with van der Waals surface area (Å²) in [7, 11) is 0. The highest BCUT2D eigenvalue weighted by molar-refractivity contribution is 5.76. The molecular formula is C12H24N4O. The van der Waals surface area contributed by atoms with Crippen molar-refractivity contribution in [1.29, 1.82) is 0 Å². The molecule has 0 aliphatic carbocycles. The lowest BCUT2D eigenvalue weighted by molar-refractivity contribution is 0.204. The fourth-order valence-electron chi connectivity index (χ4n) is 2.50. The number of nitrogens with one attached hydrogen (secondary N) is 2. The molecule has 2 saturated heterocycles. The Bertz CT molecular complexity index is 253. The zero-order valence-electron chi connectivity index (χ0n) is 10.7. The average molecular weight is 240 g/mol. The van der Waals surface area contributed by atoms with E-state index in [1.165, 1.54) is 0 Å². The molecule has 5 nitrogen and oxygen atoms in total. The first kappa shape index (κ1) is 12.6. The molecule has 5 heteroatoms. The van der Waals surface area contributed by atoms with Crippen LogP contribution < -0.4 is 10.6 Å². The van der Waals surface area contributed by atoms with Crippen LogP contribution in [0, 0.1) is 0 Å². The van der Waals surface area contributed by atoms with E-state index in [0.29, 0.717) is 6.04 Å². The van der Waals surface area contributed by atoms with Gasteiger partial charge in [-0.2, -0.15) is 0 Å². The van der Waals surface area contributed by atoms with Gasteiger partial charge in [0, 0.05) is 45.3 Å². The summed E-state index contributed by atoms with van der Waals surface area (Å²) in [5.74, 6) is 0. The first-order valence-corrected chi connectivity index (χ1v) is 6.78. The third kappa shape index (κ3) is 3.57. The summed E-state index contributed by atoms with van der Waals surface area (Å²) in [6.45, 7) is 9.50. The van der Waals surface area contributed by atoms with Crippen molar-refractivity contribution in [2.75, 3.05) is 45.8 Å². The molecule has 0 spiro atoms. The second-order valence-electron chi connectivity index (χ2n) is 4.95. The molecule has 2 fully saturated rings. The molecule has 17 heavy (non-hydrogen) atoms. The van der Waals surface area contributed by atoms with Gasteiger partial charge in [-0.3, -0.25) is 0 Å². The Labute approximate surface area is 104 Å². The van der Waals surface area contributed by atoms with Crippen molar-refractivity contribution >= 4 is 6.03 Å². The van der Waals surface area contributed by atoms with Crippen LogP contribution in [0.15, 0.2) is 0 Å². The zero-order valence-corrected chi connectivity index (χ0v) is 10.7. The van der Waals surface area contributed by atoms with Crippen molar-refractivity contribution in [2.24, 2.45) is 0 Å². The van der Waals surface area contributed by atoms with Crippen molar-refractivity contribution in [3.05, 3.63) is 0 Å². The van der Waals surface area contributed by atoms with Gasteiger partial charge in [0.15, 0.2) is 0 Å². The van der Waals surface area contributed by atoms with Crippen LogP contribution in [-0.4, -0.2) is 67.7 Å². The molecule has 0 aromatic heterocycles. The Kier molecular flexibility index (Phi) is 4.62. The molecule has 0 saturated carbocycles. The Morgan fingerprint density at radius 3 is 2.71 bits per heavy atom. The van der Waals surface area contributed by atoms with Gasteiger partial charge >= 0.3 is 6.03 Å². The van der Waals surface area contributed by atoms with Gasteiger partial charge in [0.25, 0.3) is 0 Å². The molecule has 2 N–H and O–H groups in total. The predicted octanol–water partition coefficient (Wildman–Crippen LogP) is 0.0855. The molecule has 98 valence electrons. The summed E-state index contributed by atoms with van der Waals surface area (Å²) in [6, 6.07) is 0.485. The second kappa shape index (κ2) is 6.21. The molecule has 1 atom stereocenters. The number of nitrogens with zero attached hydrogens (tertiary/aromatic N) is 2. The molecule has 2 aliphatic heterocycles. The van der Waals surface area contributed by atoms with Gasteiger partial charge in [-0.25, -0.2) is 4.79 Å². The summed E-state index contributed by atoms with van der Waals surface area (Å²) in [5.41, 5.74) is 0. The van der Waals surface area contributed by atoms with Crippen LogP contribution in [-0.2, 0) is 0 Å². The molecule has 1 unspecified atom stereocenters. The number of carbonyl (C=O) groups excluding carboxylic acids is 1. The smallest absolute Gasteiger partial charge is 0.317 e. The number of rotatable bonds is 5. The van der Waals surface area contributed by atoms with Gasteiger partial charge in [0.2, 0.25) is 0 Å². The first-order chi connectivity index (χ1) is 8.29. The van der Waals surface area contributed by atoms with Gasteiger partial charge in [0.1, 0.15) is 0 Å². The lowest BCUT2D eigenvalue weighted by Gasteiger charge is -2.27. The van der Waals surface area contributed by atoms with Crippen molar-refractivity contribution in [3.8, 4) is 0 Å². The van der Waals surface area contributed by atoms with Crippen LogP contribution in [0.1, 0.15) is 19.8 Å². The Morgan fingerprint density at radius 1 is 1.29 bits per heavy atom. The largest absolute Gasteiger partial charge is 0.333 e. The molecule has 0 bridgehead atoms. The average Bonchev–Trinajstić information content (AvgIpc) is 2.72. The maximum atomic E-state index is 11.6. The third-order valence-electron chi connectivity index (χ3n) is 3.66. The third-order valence-corrected chi connectivity index (χ3v) is 3.66. The van der Waals surface area contributed by atoms with Crippen LogP contribution in [0.2, 0.25) is 0 Å². The Balaban J connectivity index is 1.63. The normalized spacial score (nSPS) is 26.3. The van der Waals surface area contributed by atoms with Gasteiger partial charge < -0.3 is 20.4 Å². The fourth-order valence-corrected chi connectivity index (χ4v) is 2.50. The molecule has 2 heterocycles. The van der Waals surface area contributed by atoms with Crippen LogP contribution in [0.5, 0.6) is 0 Å². The minimum Gasteiger partial charge on any atom is -0.333 e. The highest BCUT2D eigenvalue weighted by Crippen LogP contribution is 2.07. The van der Waals surface area contributed by atoms with Crippen molar-refractivity contribution in [1.82, 2.24) is 20.4 Å². The number of urea groups is 1. The van der Waals surface area contributed by atoms with E-state index in [1.54, 1.807) is 0 Å². The second-order valence-corrected chi connectivity index (χ2v) is 4.95. The highest BCUT2D eigenvalue weighted by Gasteiger charge is 2.26. The van der Waals surface area contributed by atoms with E-state index in [-0.39, 0.29) is 6.03 Å². The van der Waals surface area contributed by atoms with Gasteiger partial charge in [-0.05, 0) is 19.4 Å². The first-order valence-electron chi connectivity index (χ1n) is 6.78. The van der Waals surface area contributed by atoms with E-state index >= 15 is 0 Å². The van der Waals surface area contributed by atoms with E-state index in [9.17, 15) is 4.79 Å². The lowest BCUT2D eigenvalue weighted by Crippen LogP contribution is -2.44. The van der Waals surface area contributed by atoms with E-state index in [2.05, 4.69) is 22.5 Å². The number of amides is 2. The molecule has 0 aromatic carbocycles. The van der Waals surface area contributed by atoms with Gasteiger partial charge in [-0.1, -0.05) is 6.92 Å². The van der Waals surface area contributed by atoms with Crippen LogP contribution in [0.25, 0.3) is 0 Å². The lowest BCUT2D eigenvalue weighted by atomic mass is 10.2. The minimum atomic E-state index is 0.122. The summed E-state index contributed by atoms with van der Waals surface area (Å²) < 4.78 is 0. The Morgan fingerprint density at radius 2 is 2.06 bits per heavy atom. The zero-order chi connectivity index (χ0) is 12.1. The SMILES string of the molecule is CCC1CN(CCCN2CCNCC2)C(=O)N1. The molecule has 0 radical (unpaired) electrons. The fraction of sp³-hybridized carbons (Fsp3) is 0.917. The van der Waals surface area contributed by atoms with Crippen LogP contribution in [0.4, 0.5) is 4.79 Å². The van der Waals surface area contributed by atoms with Crippen molar-refractivity contribution in [3.63, 3.8) is 0 Å². The Hall–Kier alpha value is -0.810. The quantitative estimate of drug-likeness (QED) is 0.716. The van der Waals surface area contributed by atoms with Crippen molar-refractivity contribution in [2.45, 2.75) is 25.8 Å². The van der Waals surface area contributed by atoms with E-state index in [0.717, 1.165) is 58.7 Å². The number of hydrogen-bond acceptors (Lipinski definition) is 3. The number of piperazine rings is 1. The van der Waals surface area contributed by atoms with Gasteiger partial charge in [-0.15, -0.1) is 0 Å². The number of hydrogen-bond donors (Lipinski definition) is 2. The summed E-state index contributed by atoms with van der Waals surface area (Å²) >= 11 is 0. The van der Waals surface area contributed by atoms with E-state index in [1.807, 2.05) is 4.90 Å². The molecule has 0 aromatic rings. The maximum Gasteiger partial charge on any atom is 0.317 e. The van der Waals surface area contributed by atoms with Crippen LogP contribution >= 0.6 is 0 Å². The monoisotopic (exact) mass is 240 g/mol. The topological polar surface area (TPSA) is 47.6 Å². The van der Waals surface area contributed by atoms with E-state index in [4.69, 9.17) is 0 Å². The molecule has 2 aliphatic rings. The summed E-state index contributed by atoms with van der Waals surface area (Å²) in [5, 5.41) is 6.36. The number of carbonyl (C=O) groups is 1. The van der Waals surface area contributed by atoms with Crippen LogP contribution in [0.3, 0.4) is 0 Å². The minimum absolute atomic E-state index is 0.122. The predicted molar refractivity (Wildman–Crippen MR) is 68.1 cm³/mol.